The van der Waals surface area contributed by atoms with Gasteiger partial charge >= 0.3 is 0 Å². The Bertz CT molecular complexity index is 500. The summed E-state index contributed by atoms with van der Waals surface area (Å²) in [5.41, 5.74) is 4.20. The normalized spacial score (nSPS) is 21.1. The minimum Gasteiger partial charge on any atom is -0.508 e. The fraction of sp³-hybridized carbons (Fsp3) is 0.556. The summed E-state index contributed by atoms with van der Waals surface area (Å²) < 4.78 is 0. The van der Waals surface area contributed by atoms with Crippen molar-refractivity contribution in [1.29, 1.82) is 0 Å². The van der Waals surface area contributed by atoms with E-state index >= 15 is 0 Å². The molecular weight excluding hydrogens is 246 g/mol. The molecule has 1 atom stereocenters. The van der Waals surface area contributed by atoms with Crippen molar-refractivity contribution in [3.8, 4) is 5.75 Å². The highest BCUT2D eigenvalue weighted by molar-refractivity contribution is 5.42. The van der Waals surface area contributed by atoms with Gasteiger partial charge in [-0.1, -0.05) is 24.1 Å². The van der Waals surface area contributed by atoms with E-state index < -0.39 is 0 Å². The number of aryl methyl sites for hydroxylation is 1. The molecule has 0 spiro atoms. The first-order valence-corrected chi connectivity index (χ1v) is 7.95. The third-order valence-corrected chi connectivity index (χ3v) is 4.81. The molecule has 2 aliphatic rings. The van der Waals surface area contributed by atoms with Crippen LogP contribution < -0.4 is 0 Å². The van der Waals surface area contributed by atoms with E-state index in [-0.39, 0.29) is 0 Å². The van der Waals surface area contributed by atoms with Crippen molar-refractivity contribution >= 4 is 0 Å². The van der Waals surface area contributed by atoms with Crippen LogP contribution in [0.4, 0.5) is 0 Å². The van der Waals surface area contributed by atoms with Crippen LogP contribution in [-0.2, 0) is 0 Å². The van der Waals surface area contributed by atoms with Crippen LogP contribution in [-0.4, -0.2) is 29.6 Å². The number of phenolic OH excluding ortho intramolecular Hbond substituents is 1. The molecule has 1 aromatic carbocycles. The van der Waals surface area contributed by atoms with Crippen LogP contribution in [0.25, 0.3) is 0 Å². The first-order chi connectivity index (χ1) is 9.74. The molecule has 1 aliphatic carbocycles. The number of rotatable bonds is 4. The van der Waals surface area contributed by atoms with Gasteiger partial charge in [-0.05, 0) is 69.0 Å². The number of nitrogens with zero attached hydrogens (tertiary/aromatic N) is 1. The highest BCUT2D eigenvalue weighted by atomic mass is 16.3. The monoisotopic (exact) mass is 271 g/mol. The predicted octanol–water partition coefficient (Wildman–Crippen LogP) is 3.99. The molecule has 2 heteroatoms. The van der Waals surface area contributed by atoms with E-state index in [2.05, 4.69) is 17.9 Å². The summed E-state index contributed by atoms with van der Waals surface area (Å²) in [7, 11) is 0. The molecule has 1 fully saturated rings. The summed E-state index contributed by atoms with van der Waals surface area (Å²) in [5.74, 6) is 0.878. The highest BCUT2D eigenvalue weighted by Crippen LogP contribution is 2.37. The van der Waals surface area contributed by atoms with Crippen LogP contribution in [0.1, 0.15) is 49.1 Å². The van der Waals surface area contributed by atoms with E-state index in [1.165, 1.54) is 56.3 Å². The molecular formula is C18H25NO. The third-order valence-electron chi connectivity index (χ3n) is 4.81. The van der Waals surface area contributed by atoms with Gasteiger partial charge in [-0.3, -0.25) is 0 Å². The summed E-state index contributed by atoms with van der Waals surface area (Å²) in [4.78, 5) is 2.61. The van der Waals surface area contributed by atoms with E-state index in [1.807, 2.05) is 12.1 Å². The second-order valence-corrected chi connectivity index (χ2v) is 6.27. The minimum absolute atomic E-state index is 0.397. The Kier molecular flexibility index (Phi) is 4.11. The summed E-state index contributed by atoms with van der Waals surface area (Å²) in [6, 6.07) is 5.82. The Morgan fingerprint density at radius 1 is 1.20 bits per heavy atom. The maximum absolute atomic E-state index is 9.83. The van der Waals surface area contributed by atoms with Crippen LogP contribution >= 0.6 is 0 Å². The number of hydrogen-bond acceptors (Lipinski definition) is 2. The van der Waals surface area contributed by atoms with Gasteiger partial charge in [0, 0.05) is 12.5 Å². The average Bonchev–Trinajstić information content (AvgIpc) is 2.40. The zero-order valence-electron chi connectivity index (χ0n) is 12.4. The lowest BCUT2D eigenvalue weighted by Crippen LogP contribution is -2.34. The van der Waals surface area contributed by atoms with Crippen molar-refractivity contribution in [1.82, 2.24) is 4.90 Å². The molecule has 1 heterocycles. The van der Waals surface area contributed by atoms with Crippen LogP contribution in [0, 0.1) is 6.92 Å². The average molecular weight is 271 g/mol. The van der Waals surface area contributed by atoms with E-state index in [0.717, 1.165) is 6.54 Å². The van der Waals surface area contributed by atoms with Gasteiger partial charge in [-0.2, -0.15) is 0 Å². The second kappa shape index (κ2) is 6.01. The molecule has 0 amide bonds. The topological polar surface area (TPSA) is 23.5 Å². The fourth-order valence-corrected chi connectivity index (χ4v) is 3.45. The number of phenols is 1. The lowest BCUT2D eigenvalue weighted by atomic mass is 9.80. The van der Waals surface area contributed by atoms with Crippen LogP contribution in [0.15, 0.2) is 29.8 Å². The minimum atomic E-state index is 0.397. The van der Waals surface area contributed by atoms with Gasteiger partial charge in [0.05, 0.1) is 0 Å². The van der Waals surface area contributed by atoms with Crippen molar-refractivity contribution in [2.45, 2.75) is 44.9 Å². The van der Waals surface area contributed by atoms with E-state index in [1.54, 1.807) is 11.6 Å². The molecule has 3 rings (SSSR count). The predicted molar refractivity (Wildman–Crippen MR) is 83.2 cm³/mol. The molecule has 1 unspecified atom stereocenters. The molecule has 1 aliphatic heterocycles. The first kappa shape index (κ1) is 13.7. The Hall–Kier alpha value is -1.28. The zero-order chi connectivity index (χ0) is 13.9. The summed E-state index contributed by atoms with van der Waals surface area (Å²) in [6.07, 6.45) is 8.90. The van der Waals surface area contributed by atoms with Crippen LogP contribution in [0.2, 0.25) is 0 Å². The molecule has 20 heavy (non-hydrogen) atoms. The third kappa shape index (κ3) is 2.90. The second-order valence-electron chi connectivity index (χ2n) is 6.27. The van der Waals surface area contributed by atoms with Gasteiger partial charge in [0.15, 0.2) is 0 Å². The quantitative estimate of drug-likeness (QED) is 0.837. The molecule has 0 bridgehead atoms. The van der Waals surface area contributed by atoms with E-state index in [4.69, 9.17) is 0 Å². The van der Waals surface area contributed by atoms with E-state index in [9.17, 15) is 5.11 Å². The smallest absolute Gasteiger partial charge is 0.115 e. The number of piperidine rings is 1. The number of aromatic hydroxyl groups is 1. The summed E-state index contributed by atoms with van der Waals surface area (Å²) in [5, 5.41) is 9.83. The number of likely N-dealkylation sites (tertiary alicyclic amines) is 1. The lowest BCUT2D eigenvalue weighted by molar-refractivity contribution is 0.220. The molecule has 1 saturated heterocycles. The molecule has 2 nitrogen and oxygen atoms in total. The number of benzene rings is 1. The zero-order valence-corrected chi connectivity index (χ0v) is 12.4. The molecule has 108 valence electrons. The summed E-state index contributed by atoms with van der Waals surface area (Å²) in [6.45, 7) is 5.76. The maximum atomic E-state index is 9.83. The highest BCUT2D eigenvalue weighted by Gasteiger charge is 2.25. The molecule has 0 aromatic heterocycles. The number of hydrogen-bond donors (Lipinski definition) is 1. The van der Waals surface area contributed by atoms with Gasteiger partial charge in [-0.25, -0.2) is 0 Å². The standard InChI is InChI=1S/C18H25NO/c1-14-8-9-16(20)12-17(14)18(15-6-5-7-15)13-19-10-3-2-4-11-19/h6,8-9,12,18,20H,2-5,7,10-11,13H2,1H3. The fourth-order valence-electron chi connectivity index (χ4n) is 3.45. The Balaban J connectivity index is 1.83. The number of allylic oxidation sites excluding steroid dienone is 1. The van der Waals surface area contributed by atoms with Crippen LogP contribution in [0.5, 0.6) is 5.75 Å². The summed E-state index contributed by atoms with van der Waals surface area (Å²) >= 11 is 0. The Morgan fingerprint density at radius 3 is 2.60 bits per heavy atom. The van der Waals surface area contributed by atoms with E-state index in [0.29, 0.717) is 11.7 Å². The van der Waals surface area contributed by atoms with Crippen molar-refractivity contribution in [2.24, 2.45) is 0 Å². The molecule has 0 radical (unpaired) electrons. The van der Waals surface area contributed by atoms with Crippen molar-refractivity contribution < 1.29 is 5.11 Å². The van der Waals surface area contributed by atoms with Crippen molar-refractivity contribution in [2.75, 3.05) is 19.6 Å². The van der Waals surface area contributed by atoms with Crippen LogP contribution in [0.3, 0.4) is 0 Å². The van der Waals surface area contributed by atoms with Crippen molar-refractivity contribution in [3.05, 3.63) is 41.0 Å². The van der Waals surface area contributed by atoms with Gasteiger partial charge in [-0.15, -0.1) is 0 Å². The van der Waals surface area contributed by atoms with Crippen molar-refractivity contribution in [3.63, 3.8) is 0 Å². The largest absolute Gasteiger partial charge is 0.508 e. The SMILES string of the molecule is Cc1ccc(O)cc1C(CN1CCCCC1)C1=CCC1. The van der Waals surface area contributed by atoms with Gasteiger partial charge in [0.25, 0.3) is 0 Å². The maximum Gasteiger partial charge on any atom is 0.115 e. The van der Waals surface area contributed by atoms with Gasteiger partial charge < -0.3 is 10.0 Å². The van der Waals surface area contributed by atoms with Gasteiger partial charge in [0.1, 0.15) is 5.75 Å². The van der Waals surface area contributed by atoms with Gasteiger partial charge in [0.2, 0.25) is 0 Å². The molecule has 1 aromatic rings. The Labute approximate surface area is 122 Å². The lowest BCUT2D eigenvalue weighted by Gasteiger charge is -2.34. The molecule has 0 saturated carbocycles. The Morgan fingerprint density at radius 2 is 1.95 bits per heavy atom. The molecule has 1 N–H and O–H groups in total. The first-order valence-electron chi connectivity index (χ1n) is 7.95.